The zero-order valence-corrected chi connectivity index (χ0v) is 13.6. The summed E-state index contributed by atoms with van der Waals surface area (Å²) in [6.07, 6.45) is 1.67. The highest BCUT2D eigenvalue weighted by Gasteiger charge is 2.40. The van der Waals surface area contributed by atoms with E-state index in [4.69, 9.17) is 5.73 Å². The third kappa shape index (κ3) is 3.78. The number of nitrogens with zero attached hydrogens (tertiary/aromatic N) is 1. The molecule has 0 atom stereocenters. The lowest BCUT2D eigenvalue weighted by Crippen LogP contribution is -2.53. The molecule has 1 rings (SSSR count). The van der Waals surface area contributed by atoms with E-state index in [0.717, 1.165) is 31.7 Å². The molecule has 0 bridgehead atoms. The molecule has 5 heteroatoms. The Hall–Kier alpha value is 0.0700. The zero-order valence-electron chi connectivity index (χ0n) is 12.0. The van der Waals surface area contributed by atoms with Crippen LogP contribution in [0.25, 0.3) is 0 Å². The van der Waals surface area contributed by atoms with Gasteiger partial charge in [-0.25, -0.2) is 0 Å². The molecule has 0 unspecified atom stereocenters. The predicted molar refractivity (Wildman–Crippen MR) is 82.4 cm³/mol. The molecule has 1 aliphatic rings. The first-order valence-corrected chi connectivity index (χ1v) is 7.53. The SMILES string of the molecule is CCC(CC)(CN)C(=O)N1CCSC(C)(C)C1.Cl. The Balaban J connectivity index is 0.00000289. The molecule has 1 heterocycles. The van der Waals surface area contributed by atoms with Gasteiger partial charge in [0.25, 0.3) is 0 Å². The van der Waals surface area contributed by atoms with Crippen molar-refractivity contribution in [1.82, 2.24) is 4.90 Å². The van der Waals surface area contributed by atoms with Gasteiger partial charge in [0.1, 0.15) is 0 Å². The van der Waals surface area contributed by atoms with Crippen LogP contribution in [0.2, 0.25) is 0 Å². The molecule has 18 heavy (non-hydrogen) atoms. The molecule has 3 nitrogen and oxygen atoms in total. The van der Waals surface area contributed by atoms with Gasteiger partial charge in [0.2, 0.25) is 5.91 Å². The van der Waals surface area contributed by atoms with Crippen molar-refractivity contribution in [2.75, 3.05) is 25.4 Å². The summed E-state index contributed by atoms with van der Waals surface area (Å²) in [5.74, 6) is 1.30. The third-order valence-electron chi connectivity index (χ3n) is 3.91. The quantitative estimate of drug-likeness (QED) is 0.867. The molecule has 1 fully saturated rings. The van der Waals surface area contributed by atoms with Crippen molar-refractivity contribution in [3.05, 3.63) is 0 Å². The molecule has 0 aromatic heterocycles. The van der Waals surface area contributed by atoms with Crippen molar-refractivity contribution in [1.29, 1.82) is 0 Å². The molecule has 0 aliphatic carbocycles. The van der Waals surface area contributed by atoms with Crippen LogP contribution in [-0.4, -0.2) is 40.9 Å². The van der Waals surface area contributed by atoms with Crippen molar-refractivity contribution in [3.63, 3.8) is 0 Å². The van der Waals surface area contributed by atoms with E-state index in [1.807, 2.05) is 16.7 Å². The van der Waals surface area contributed by atoms with Gasteiger partial charge in [-0.15, -0.1) is 12.4 Å². The maximum absolute atomic E-state index is 12.6. The van der Waals surface area contributed by atoms with Crippen LogP contribution in [0.3, 0.4) is 0 Å². The Bertz CT molecular complexity index is 272. The summed E-state index contributed by atoms with van der Waals surface area (Å²) in [5, 5.41) is 0. The summed E-state index contributed by atoms with van der Waals surface area (Å²) < 4.78 is 0.176. The molecule has 0 saturated carbocycles. The lowest BCUT2D eigenvalue weighted by atomic mass is 9.80. The minimum atomic E-state index is -0.335. The van der Waals surface area contributed by atoms with E-state index in [2.05, 4.69) is 27.7 Å². The number of hydrogen-bond acceptors (Lipinski definition) is 3. The van der Waals surface area contributed by atoms with E-state index in [0.29, 0.717) is 6.54 Å². The molecule has 108 valence electrons. The van der Waals surface area contributed by atoms with Gasteiger partial charge in [0.05, 0.1) is 5.41 Å². The monoisotopic (exact) mass is 294 g/mol. The van der Waals surface area contributed by atoms with E-state index in [9.17, 15) is 4.79 Å². The normalized spacial score (nSPS) is 19.3. The largest absolute Gasteiger partial charge is 0.340 e. The second kappa shape index (κ2) is 7.01. The standard InChI is InChI=1S/C13H26N2OS.ClH/c1-5-13(6-2,9-14)11(16)15-7-8-17-12(3,4)10-15;/h5-10,14H2,1-4H3;1H. The number of hydrogen-bond donors (Lipinski definition) is 1. The smallest absolute Gasteiger partial charge is 0.230 e. The number of carbonyl (C=O) groups is 1. The van der Waals surface area contributed by atoms with Crippen LogP contribution in [-0.2, 0) is 4.79 Å². The minimum Gasteiger partial charge on any atom is -0.340 e. The fourth-order valence-corrected chi connectivity index (χ4v) is 3.57. The minimum absolute atomic E-state index is 0. The molecule has 1 amide bonds. The van der Waals surface area contributed by atoms with Crippen LogP contribution in [0.4, 0.5) is 0 Å². The maximum atomic E-state index is 12.6. The van der Waals surface area contributed by atoms with E-state index < -0.39 is 0 Å². The van der Waals surface area contributed by atoms with Crippen molar-refractivity contribution in [3.8, 4) is 0 Å². The van der Waals surface area contributed by atoms with Crippen LogP contribution in [0.5, 0.6) is 0 Å². The Labute approximate surface area is 122 Å². The number of nitrogens with two attached hydrogens (primary N) is 1. The fourth-order valence-electron chi connectivity index (χ4n) is 2.45. The van der Waals surface area contributed by atoms with Gasteiger partial charge in [-0.3, -0.25) is 4.79 Å². The Morgan fingerprint density at radius 3 is 2.33 bits per heavy atom. The fraction of sp³-hybridized carbons (Fsp3) is 0.923. The number of thioether (sulfide) groups is 1. The number of amides is 1. The van der Waals surface area contributed by atoms with Crippen LogP contribution >= 0.6 is 24.2 Å². The van der Waals surface area contributed by atoms with Gasteiger partial charge in [-0.05, 0) is 26.7 Å². The Morgan fingerprint density at radius 1 is 1.39 bits per heavy atom. The van der Waals surface area contributed by atoms with Crippen LogP contribution in [0, 0.1) is 5.41 Å². The number of carbonyl (C=O) groups excluding carboxylic acids is 1. The summed E-state index contributed by atoms with van der Waals surface area (Å²) in [6.45, 7) is 10.7. The Morgan fingerprint density at radius 2 is 1.94 bits per heavy atom. The highest BCUT2D eigenvalue weighted by Crippen LogP contribution is 2.34. The predicted octanol–water partition coefficient (Wildman–Crippen LogP) is 2.53. The molecule has 1 saturated heterocycles. The van der Waals surface area contributed by atoms with Crippen LogP contribution in [0.1, 0.15) is 40.5 Å². The second-order valence-electron chi connectivity index (χ2n) is 5.53. The van der Waals surface area contributed by atoms with Crippen LogP contribution < -0.4 is 5.73 Å². The maximum Gasteiger partial charge on any atom is 0.230 e. The molecule has 0 aromatic carbocycles. The van der Waals surface area contributed by atoms with Gasteiger partial charge in [0.15, 0.2) is 0 Å². The summed E-state index contributed by atoms with van der Waals surface area (Å²) in [6, 6.07) is 0. The molecule has 0 spiro atoms. The topological polar surface area (TPSA) is 46.3 Å². The lowest BCUT2D eigenvalue weighted by Gasteiger charge is -2.42. The van der Waals surface area contributed by atoms with Gasteiger partial charge < -0.3 is 10.6 Å². The molecule has 1 aliphatic heterocycles. The molecule has 2 N–H and O–H groups in total. The van der Waals surface area contributed by atoms with E-state index >= 15 is 0 Å². The van der Waals surface area contributed by atoms with E-state index in [1.54, 1.807) is 0 Å². The lowest BCUT2D eigenvalue weighted by molar-refractivity contribution is -0.142. The third-order valence-corrected chi connectivity index (χ3v) is 5.21. The first kappa shape index (κ1) is 18.1. The van der Waals surface area contributed by atoms with Crippen molar-refractivity contribution >= 4 is 30.1 Å². The van der Waals surface area contributed by atoms with Gasteiger partial charge in [-0.2, -0.15) is 11.8 Å². The summed E-state index contributed by atoms with van der Waals surface area (Å²) in [7, 11) is 0. The average Bonchev–Trinajstić information content (AvgIpc) is 2.30. The molecule has 0 aromatic rings. The van der Waals surface area contributed by atoms with Gasteiger partial charge >= 0.3 is 0 Å². The highest BCUT2D eigenvalue weighted by atomic mass is 35.5. The van der Waals surface area contributed by atoms with Crippen LogP contribution in [0.15, 0.2) is 0 Å². The van der Waals surface area contributed by atoms with Gasteiger partial charge in [-0.1, -0.05) is 13.8 Å². The summed E-state index contributed by atoms with van der Waals surface area (Å²) in [4.78, 5) is 14.7. The zero-order chi connectivity index (χ0) is 13.1. The summed E-state index contributed by atoms with van der Waals surface area (Å²) >= 11 is 1.95. The highest BCUT2D eigenvalue weighted by molar-refractivity contribution is 8.00. The first-order chi connectivity index (χ1) is 7.90. The first-order valence-electron chi connectivity index (χ1n) is 6.54. The molecular formula is C13H27ClN2OS. The average molecular weight is 295 g/mol. The Kier molecular flexibility index (Phi) is 7.04. The van der Waals surface area contributed by atoms with Gasteiger partial charge in [0, 0.05) is 30.1 Å². The van der Waals surface area contributed by atoms with E-state index in [1.165, 1.54) is 0 Å². The number of rotatable bonds is 4. The van der Waals surface area contributed by atoms with Crippen molar-refractivity contribution < 1.29 is 4.79 Å². The van der Waals surface area contributed by atoms with Crippen molar-refractivity contribution in [2.24, 2.45) is 11.1 Å². The molecule has 0 radical (unpaired) electrons. The second-order valence-corrected chi connectivity index (χ2v) is 7.33. The van der Waals surface area contributed by atoms with E-state index in [-0.39, 0.29) is 28.5 Å². The summed E-state index contributed by atoms with van der Waals surface area (Å²) in [5.41, 5.74) is 5.52. The molecular weight excluding hydrogens is 268 g/mol. The van der Waals surface area contributed by atoms with Crippen molar-refractivity contribution in [2.45, 2.75) is 45.3 Å². The number of halogens is 1.